The van der Waals surface area contributed by atoms with E-state index in [-0.39, 0.29) is 5.78 Å². The average molecular weight is 179 g/mol. The van der Waals surface area contributed by atoms with Crippen LogP contribution < -0.4 is 0 Å². The fourth-order valence-corrected chi connectivity index (χ4v) is 1.06. The molecule has 0 aliphatic rings. The predicted molar refractivity (Wildman–Crippen MR) is 48.3 cm³/mol. The molecule has 0 spiro atoms. The maximum absolute atomic E-state index is 11.1. The second kappa shape index (κ2) is 4.07. The highest BCUT2D eigenvalue weighted by Gasteiger charge is 2.05. The van der Waals surface area contributed by atoms with Gasteiger partial charge in [-0.3, -0.25) is 4.79 Å². The Bertz CT molecular complexity index is 302. The van der Waals surface area contributed by atoms with Crippen molar-refractivity contribution in [2.75, 3.05) is 0 Å². The van der Waals surface area contributed by atoms with E-state index in [1.54, 1.807) is 13.8 Å². The van der Waals surface area contributed by atoms with Gasteiger partial charge in [-0.25, -0.2) is 15.0 Å². The molecule has 70 valence electrons. The smallest absolute Gasteiger partial charge is 0.140 e. The number of carbonyl (C=O) groups is 1. The van der Waals surface area contributed by atoms with Crippen LogP contribution in [0.3, 0.4) is 0 Å². The van der Waals surface area contributed by atoms with Gasteiger partial charge in [0, 0.05) is 6.42 Å². The lowest BCUT2D eigenvalue weighted by atomic mass is 10.2. The van der Waals surface area contributed by atoms with E-state index in [2.05, 4.69) is 15.0 Å². The Morgan fingerprint density at radius 2 is 1.69 bits per heavy atom. The molecule has 0 aliphatic carbocycles. The number of aromatic nitrogens is 3. The van der Waals surface area contributed by atoms with Crippen LogP contribution in [0.2, 0.25) is 0 Å². The molecule has 0 amide bonds. The Morgan fingerprint density at radius 3 is 2.15 bits per heavy atom. The van der Waals surface area contributed by atoms with Crippen molar-refractivity contribution >= 4 is 5.78 Å². The van der Waals surface area contributed by atoms with Crippen LogP contribution in [0.4, 0.5) is 0 Å². The Labute approximate surface area is 77.4 Å². The highest BCUT2D eigenvalue weighted by atomic mass is 16.1. The fraction of sp³-hybridized carbons (Fsp3) is 0.556. The molecule has 1 rings (SSSR count). The molecule has 0 N–H and O–H groups in total. The number of hydrogen-bond acceptors (Lipinski definition) is 4. The molecule has 0 fully saturated rings. The maximum atomic E-state index is 11.1. The van der Waals surface area contributed by atoms with Crippen LogP contribution in [0.5, 0.6) is 0 Å². The van der Waals surface area contributed by atoms with Crippen molar-refractivity contribution in [3.8, 4) is 0 Å². The Balaban J connectivity index is 2.83. The first kappa shape index (κ1) is 9.77. The van der Waals surface area contributed by atoms with E-state index < -0.39 is 0 Å². The summed E-state index contributed by atoms with van der Waals surface area (Å²) in [6.45, 7) is 5.44. The second-order valence-corrected chi connectivity index (χ2v) is 2.92. The van der Waals surface area contributed by atoms with Gasteiger partial charge >= 0.3 is 0 Å². The molecule has 1 aromatic heterocycles. The summed E-state index contributed by atoms with van der Waals surface area (Å²) >= 11 is 0. The number of carbonyl (C=O) groups excluding carboxylic acids is 1. The third-order valence-corrected chi connectivity index (χ3v) is 1.65. The number of hydrogen-bond donors (Lipinski definition) is 0. The topological polar surface area (TPSA) is 55.7 Å². The number of Topliss-reactive ketones (excluding diaryl/α,β-unsaturated/α-hetero) is 1. The summed E-state index contributed by atoms with van der Waals surface area (Å²) in [5.74, 6) is 2.08. The summed E-state index contributed by atoms with van der Waals surface area (Å²) in [6, 6.07) is 0. The molecule has 1 aromatic rings. The van der Waals surface area contributed by atoms with E-state index in [9.17, 15) is 4.79 Å². The van der Waals surface area contributed by atoms with Gasteiger partial charge in [0.15, 0.2) is 0 Å². The van der Waals surface area contributed by atoms with Gasteiger partial charge in [0.05, 0.1) is 6.42 Å². The zero-order chi connectivity index (χ0) is 9.84. The number of nitrogens with zero attached hydrogens (tertiary/aromatic N) is 3. The van der Waals surface area contributed by atoms with Crippen LogP contribution in [0.25, 0.3) is 0 Å². The summed E-state index contributed by atoms with van der Waals surface area (Å²) in [6.07, 6.45) is 0.852. The number of rotatable bonds is 3. The molecular formula is C9H13N3O. The lowest BCUT2D eigenvalue weighted by Crippen LogP contribution is -2.08. The Hall–Kier alpha value is -1.32. The third kappa shape index (κ3) is 2.89. The maximum Gasteiger partial charge on any atom is 0.140 e. The van der Waals surface area contributed by atoms with Crippen molar-refractivity contribution in [2.24, 2.45) is 0 Å². The first-order chi connectivity index (χ1) is 6.11. The van der Waals surface area contributed by atoms with Gasteiger partial charge in [-0.05, 0) is 13.8 Å². The molecule has 0 saturated heterocycles. The zero-order valence-corrected chi connectivity index (χ0v) is 8.16. The van der Waals surface area contributed by atoms with Gasteiger partial charge in [0.25, 0.3) is 0 Å². The van der Waals surface area contributed by atoms with Crippen molar-refractivity contribution in [1.29, 1.82) is 0 Å². The fourth-order valence-electron chi connectivity index (χ4n) is 1.06. The summed E-state index contributed by atoms with van der Waals surface area (Å²) in [7, 11) is 0. The molecule has 4 heteroatoms. The van der Waals surface area contributed by atoms with Crippen molar-refractivity contribution < 1.29 is 4.79 Å². The monoisotopic (exact) mass is 179 g/mol. The van der Waals surface area contributed by atoms with Gasteiger partial charge < -0.3 is 0 Å². The van der Waals surface area contributed by atoms with Crippen molar-refractivity contribution in [1.82, 2.24) is 15.0 Å². The number of aryl methyl sites for hydroxylation is 2. The lowest BCUT2D eigenvalue weighted by Gasteiger charge is -2.00. The summed E-state index contributed by atoms with van der Waals surface area (Å²) < 4.78 is 0. The standard InChI is InChI=1S/C9H13N3O/c1-4-8(13)5-9-11-6(2)10-7(3)12-9/h4-5H2,1-3H3. The molecule has 0 unspecified atom stereocenters. The first-order valence-electron chi connectivity index (χ1n) is 4.31. The molecule has 0 aliphatic heterocycles. The van der Waals surface area contributed by atoms with E-state index in [4.69, 9.17) is 0 Å². The van der Waals surface area contributed by atoms with E-state index in [1.165, 1.54) is 0 Å². The minimum atomic E-state index is 0.157. The normalized spacial score (nSPS) is 10.1. The lowest BCUT2D eigenvalue weighted by molar-refractivity contribution is -0.118. The van der Waals surface area contributed by atoms with E-state index in [0.717, 1.165) is 0 Å². The quantitative estimate of drug-likeness (QED) is 0.694. The summed E-state index contributed by atoms with van der Waals surface area (Å²) in [5.41, 5.74) is 0. The first-order valence-corrected chi connectivity index (χ1v) is 4.31. The summed E-state index contributed by atoms with van der Waals surface area (Å²) in [4.78, 5) is 23.3. The molecule has 0 radical (unpaired) electrons. The molecule has 1 heterocycles. The highest BCUT2D eigenvalue weighted by Crippen LogP contribution is 1.97. The third-order valence-electron chi connectivity index (χ3n) is 1.65. The van der Waals surface area contributed by atoms with Crippen molar-refractivity contribution in [3.05, 3.63) is 17.5 Å². The van der Waals surface area contributed by atoms with E-state index in [0.29, 0.717) is 30.3 Å². The molecule has 4 nitrogen and oxygen atoms in total. The minimum absolute atomic E-state index is 0.157. The molecule has 0 aromatic carbocycles. The highest BCUT2D eigenvalue weighted by molar-refractivity contribution is 5.79. The van der Waals surface area contributed by atoms with Crippen molar-refractivity contribution in [3.63, 3.8) is 0 Å². The van der Waals surface area contributed by atoms with Crippen LogP contribution in [0, 0.1) is 13.8 Å². The molecular weight excluding hydrogens is 166 g/mol. The van der Waals surface area contributed by atoms with Crippen LogP contribution in [-0.2, 0) is 11.2 Å². The molecule has 0 saturated carbocycles. The number of ketones is 1. The molecule has 13 heavy (non-hydrogen) atoms. The van der Waals surface area contributed by atoms with Gasteiger partial charge in [0.1, 0.15) is 23.3 Å². The minimum Gasteiger partial charge on any atom is -0.299 e. The van der Waals surface area contributed by atoms with Gasteiger partial charge in [-0.15, -0.1) is 0 Å². The van der Waals surface area contributed by atoms with E-state index >= 15 is 0 Å². The second-order valence-electron chi connectivity index (χ2n) is 2.92. The largest absolute Gasteiger partial charge is 0.299 e. The predicted octanol–water partition coefficient (Wildman–Crippen LogP) is 1.01. The van der Waals surface area contributed by atoms with Crippen LogP contribution in [0.15, 0.2) is 0 Å². The molecule has 0 atom stereocenters. The summed E-state index contributed by atoms with van der Waals surface area (Å²) in [5, 5.41) is 0. The van der Waals surface area contributed by atoms with Crippen LogP contribution in [0.1, 0.15) is 30.8 Å². The van der Waals surface area contributed by atoms with Gasteiger partial charge in [-0.1, -0.05) is 6.92 Å². The van der Waals surface area contributed by atoms with E-state index in [1.807, 2.05) is 6.92 Å². The van der Waals surface area contributed by atoms with Gasteiger partial charge in [-0.2, -0.15) is 0 Å². The zero-order valence-electron chi connectivity index (χ0n) is 8.16. The average Bonchev–Trinajstić information content (AvgIpc) is 2.02. The SMILES string of the molecule is CCC(=O)Cc1nc(C)nc(C)n1. The Morgan fingerprint density at radius 1 is 1.15 bits per heavy atom. The Kier molecular flexibility index (Phi) is 3.06. The van der Waals surface area contributed by atoms with Crippen LogP contribution >= 0.6 is 0 Å². The molecule has 0 bridgehead atoms. The van der Waals surface area contributed by atoms with Crippen molar-refractivity contribution in [2.45, 2.75) is 33.6 Å². The van der Waals surface area contributed by atoms with Gasteiger partial charge in [0.2, 0.25) is 0 Å². The van der Waals surface area contributed by atoms with Crippen LogP contribution in [-0.4, -0.2) is 20.7 Å².